The van der Waals surface area contributed by atoms with E-state index in [0.29, 0.717) is 6.61 Å². The number of hydrogen-bond acceptors (Lipinski definition) is 4. The molecule has 0 aromatic carbocycles. The highest BCUT2D eigenvalue weighted by molar-refractivity contribution is 5.78. The number of ether oxygens (including phenoxy) is 2. The number of aromatic nitrogens is 2. The molecule has 19 heavy (non-hydrogen) atoms. The van der Waals surface area contributed by atoms with Crippen LogP contribution in [-0.2, 0) is 27.9 Å². The summed E-state index contributed by atoms with van der Waals surface area (Å²) in [5, 5.41) is 4.05. The maximum atomic E-state index is 11.9. The summed E-state index contributed by atoms with van der Waals surface area (Å²) in [4.78, 5) is 13.8. The fraction of sp³-hybridized carbons (Fsp3) is 0.692. The van der Waals surface area contributed by atoms with Crippen molar-refractivity contribution in [3.63, 3.8) is 0 Å². The average molecular weight is 265 g/mol. The summed E-state index contributed by atoms with van der Waals surface area (Å²) in [6.07, 6.45) is 2.80. The van der Waals surface area contributed by atoms with Crippen molar-refractivity contribution in [1.29, 1.82) is 0 Å². The van der Waals surface area contributed by atoms with Gasteiger partial charge in [0.25, 0.3) is 0 Å². The number of hydrogen-bond donors (Lipinski definition) is 0. The van der Waals surface area contributed by atoms with E-state index in [-0.39, 0.29) is 17.9 Å². The first-order valence-corrected chi connectivity index (χ1v) is 6.59. The Kier molecular flexibility index (Phi) is 3.28. The van der Waals surface area contributed by atoms with E-state index in [2.05, 4.69) is 5.10 Å². The van der Waals surface area contributed by atoms with Crippen LogP contribution in [-0.4, -0.2) is 53.5 Å². The molecule has 0 saturated carbocycles. The third-order valence-corrected chi connectivity index (χ3v) is 3.99. The molecule has 3 heterocycles. The second-order valence-corrected chi connectivity index (χ2v) is 5.49. The van der Waals surface area contributed by atoms with E-state index in [1.165, 1.54) is 0 Å². The fourth-order valence-corrected chi connectivity index (χ4v) is 2.72. The second-order valence-electron chi connectivity index (χ2n) is 5.49. The maximum Gasteiger partial charge on any atom is 0.248 e. The van der Waals surface area contributed by atoms with Crippen LogP contribution in [0.5, 0.6) is 0 Å². The Bertz CT molecular complexity index is 457. The van der Waals surface area contributed by atoms with Gasteiger partial charge < -0.3 is 14.4 Å². The van der Waals surface area contributed by atoms with Crippen molar-refractivity contribution >= 4 is 5.91 Å². The van der Waals surface area contributed by atoms with E-state index in [0.717, 1.165) is 38.4 Å². The number of carbonyl (C=O) groups is 1. The summed E-state index contributed by atoms with van der Waals surface area (Å²) in [7, 11) is 1.86. The Labute approximate surface area is 112 Å². The second kappa shape index (κ2) is 4.94. The predicted molar refractivity (Wildman–Crippen MR) is 67.3 cm³/mol. The van der Waals surface area contributed by atoms with Gasteiger partial charge in [-0.15, -0.1) is 0 Å². The Balaban J connectivity index is 1.39. The van der Waals surface area contributed by atoms with E-state index in [9.17, 15) is 4.79 Å². The molecule has 1 aromatic rings. The molecule has 0 atom stereocenters. The summed E-state index contributed by atoms with van der Waals surface area (Å²) < 4.78 is 12.6. The Morgan fingerprint density at radius 3 is 3.05 bits per heavy atom. The number of carbonyl (C=O) groups excluding carboxylic acids is 1. The number of likely N-dealkylation sites (tertiary alicyclic amines) is 1. The predicted octanol–water partition coefficient (Wildman–Crippen LogP) is 0.186. The first kappa shape index (κ1) is 12.6. The summed E-state index contributed by atoms with van der Waals surface area (Å²) in [6.45, 7) is 3.83. The minimum absolute atomic E-state index is 0.0692. The lowest BCUT2D eigenvalue weighted by Crippen LogP contribution is -2.59. The smallest absolute Gasteiger partial charge is 0.248 e. The van der Waals surface area contributed by atoms with Gasteiger partial charge in [-0.25, -0.2) is 0 Å². The summed E-state index contributed by atoms with van der Waals surface area (Å²) in [5.41, 5.74) is 1.22. The highest BCUT2D eigenvalue weighted by Gasteiger charge is 2.47. The molecule has 0 N–H and O–H groups in total. The first-order valence-electron chi connectivity index (χ1n) is 6.59. The van der Waals surface area contributed by atoms with Gasteiger partial charge in [-0.1, -0.05) is 0 Å². The topological polar surface area (TPSA) is 56.6 Å². The van der Waals surface area contributed by atoms with Crippen LogP contribution < -0.4 is 0 Å². The van der Waals surface area contributed by atoms with E-state index < -0.39 is 0 Å². The van der Waals surface area contributed by atoms with Gasteiger partial charge in [0.15, 0.2) is 0 Å². The molecule has 104 valence electrons. The van der Waals surface area contributed by atoms with Crippen molar-refractivity contribution in [2.75, 3.05) is 32.9 Å². The molecule has 1 spiro atoms. The number of aryl methyl sites for hydroxylation is 1. The molecule has 2 aliphatic heterocycles. The Morgan fingerprint density at radius 2 is 2.42 bits per heavy atom. The zero-order valence-corrected chi connectivity index (χ0v) is 11.2. The van der Waals surface area contributed by atoms with Crippen molar-refractivity contribution in [3.8, 4) is 0 Å². The highest BCUT2D eigenvalue weighted by Crippen LogP contribution is 2.38. The largest absolute Gasteiger partial charge is 0.381 e. The lowest BCUT2D eigenvalue weighted by Gasteiger charge is -2.47. The van der Waals surface area contributed by atoms with Crippen LogP contribution in [0.1, 0.15) is 12.1 Å². The van der Waals surface area contributed by atoms with Gasteiger partial charge >= 0.3 is 0 Å². The van der Waals surface area contributed by atoms with Crippen molar-refractivity contribution in [2.24, 2.45) is 12.5 Å². The van der Waals surface area contributed by atoms with Gasteiger partial charge in [0.2, 0.25) is 5.91 Å². The molecule has 2 saturated heterocycles. The standard InChI is InChI=1S/C13H19N3O3/c1-15-11(2-4-14-15)6-19-7-12(17)16-8-13(9-16)3-5-18-10-13/h2,4H,3,5-10H2,1H3. The van der Waals surface area contributed by atoms with Gasteiger partial charge in [0, 0.05) is 38.4 Å². The van der Waals surface area contributed by atoms with Crippen LogP contribution in [0.2, 0.25) is 0 Å². The lowest BCUT2D eigenvalue weighted by atomic mass is 9.79. The monoisotopic (exact) mass is 265 g/mol. The van der Waals surface area contributed by atoms with Gasteiger partial charge in [0.1, 0.15) is 6.61 Å². The molecule has 3 rings (SSSR count). The van der Waals surface area contributed by atoms with Crippen LogP contribution in [0.4, 0.5) is 0 Å². The number of nitrogens with zero attached hydrogens (tertiary/aromatic N) is 3. The van der Waals surface area contributed by atoms with Gasteiger partial charge in [-0.3, -0.25) is 9.48 Å². The van der Waals surface area contributed by atoms with Gasteiger partial charge in [-0.05, 0) is 12.5 Å². The van der Waals surface area contributed by atoms with E-state index in [4.69, 9.17) is 9.47 Å². The molecular weight excluding hydrogens is 246 g/mol. The third-order valence-electron chi connectivity index (χ3n) is 3.99. The average Bonchev–Trinajstić information content (AvgIpc) is 2.96. The van der Waals surface area contributed by atoms with Crippen LogP contribution >= 0.6 is 0 Å². The quantitative estimate of drug-likeness (QED) is 0.779. The zero-order chi connectivity index (χ0) is 13.3. The molecule has 2 fully saturated rings. The molecule has 1 amide bonds. The molecule has 0 bridgehead atoms. The van der Waals surface area contributed by atoms with Crippen LogP contribution in [0.25, 0.3) is 0 Å². The van der Waals surface area contributed by atoms with Crippen molar-refractivity contribution in [1.82, 2.24) is 14.7 Å². The number of rotatable bonds is 4. The van der Waals surface area contributed by atoms with Crippen molar-refractivity contribution in [2.45, 2.75) is 13.0 Å². The van der Waals surface area contributed by atoms with Crippen molar-refractivity contribution in [3.05, 3.63) is 18.0 Å². The molecular formula is C13H19N3O3. The van der Waals surface area contributed by atoms with Crippen LogP contribution in [0.3, 0.4) is 0 Å². The summed E-state index contributed by atoms with van der Waals surface area (Å²) in [6, 6.07) is 1.89. The minimum atomic E-state index is 0.0692. The van der Waals surface area contributed by atoms with Crippen LogP contribution in [0, 0.1) is 5.41 Å². The minimum Gasteiger partial charge on any atom is -0.381 e. The molecule has 2 aliphatic rings. The summed E-state index contributed by atoms with van der Waals surface area (Å²) in [5.74, 6) is 0.0692. The zero-order valence-electron chi connectivity index (χ0n) is 11.2. The normalized spacial score (nSPS) is 20.8. The van der Waals surface area contributed by atoms with Gasteiger partial charge in [0.05, 0.1) is 18.9 Å². The maximum absolute atomic E-state index is 11.9. The van der Waals surface area contributed by atoms with Gasteiger partial charge in [-0.2, -0.15) is 5.10 Å². The molecule has 0 aliphatic carbocycles. The molecule has 0 unspecified atom stereocenters. The van der Waals surface area contributed by atoms with E-state index in [1.54, 1.807) is 10.9 Å². The van der Waals surface area contributed by atoms with E-state index >= 15 is 0 Å². The van der Waals surface area contributed by atoms with Crippen molar-refractivity contribution < 1.29 is 14.3 Å². The third kappa shape index (κ3) is 2.50. The molecule has 1 aromatic heterocycles. The first-order chi connectivity index (χ1) is 9.19. The highest BCUT2D eigenvalue weighted by atomic mass is 16.5. The Hall–Kier alpha value is -1.40. The fourth-order valence-electron chi connectivity index (χ4n) is 2.72. The Morgan fingerprint density at radius 1 is 1.58 bits per heavy atom. The van der Waals surface area contributed by atoms with E-state index in [1.807, 2.05) is 18.0 Å². The number of amides is 1. The molecule has 0 radical (unpaired) electrons. The SMILES string of the molecule is Cn1nccc1COCC(=O)N1CC2(CCOC2)C1. The lowest BCUT2D eigenvalue weighted by molar-refractivity contribution is -0.148. The molecule has 6 nitrogen and oxygen atoms in total. The summed E-state index contributed by atoms with van der Waals surface area (Å²) >= 11 is 0. The van der Waals surface area contributed by atoms with Crippen LogP contribution in [0.15, 0.2) is 12.3 Å². The molecule has 6 heteroatoms.